The fraction of sp³-hybridized carbons (Fsp3) is 1.00. The van der Waals surface area contributed by atoms with Gasteiger partial charge in [0.05, 0.1) is 25.4 Å². The summed E-state index contributed by atoms with van der Waals surface area (Å²) < 4.78 is 5.61. The van der Waals surface area contributed by atoms with Gasteiger partial charge in [0.25, 0.3) is 0 Å². The molecule has 1 aliphatic rings. The van der Waals surface area contributed by atoms with Crippen molar-refractivity contribution in [3.8, 4) is 0 Å². The second-order valence-electron chi connectivity index (χ2n) is 4.36. The summed E-state index contributed by atoms with van der Waals surface area (Å²) in [5, 5.41) is 19.3. The van der Waals surface area contributed by atoms with Crippen molar-refractivity contribution in [2.75, 3.05) is 13.2 Å². The van der Waals surface area contributed by atoms with Crippen molar-refractivity contribution in [2.24, 2.45) is 17.6 Å². The van der Waals surface area contributed by atoms with Gasteiger partial charge in [-0.1, -0.05) is 13.8 Å². The minimum absolute atomic E-state index is 0.0429. The van der Waals surface area contributed by atoms with Gasteiger partial charge >= 0.3 is 0 Å². The molecule has 0 radical (unpaired) electrons. The molecule has 0 aromatic heterocycles. The van der Waals surface area contributed by atoms with Gasteiger partial charge in [-0.05, 0) is 18.8 Å². The molecule has 4 N–H and O–H groups in total. The first-order valence-electron chi connectivity index (χ1n) is 5.81. The van der Waals surface area contributed by atoms with E-state index in [4.69, 9.17) is 10.5 Å². The van der Waals surface area contributed by atoms with Gasteiger partial charge in [-0.3, -0.25) is 0 Å². The molecule has 1 saturated heterocycles. The summed E-state index contributed by atoms with van der Waals surface area (Å²) in [6.45, 7) is 4.52. The van der Waals surface area contributed by atoms with E-state index in [0.717, 1.165) is 12.8 Å². The number of aliphatic hydroxyl groups excluding tert-OH is 2. The molecule has 0 aliphatic carbocycles. The zero-order valence-electron chi connectivity index (χ0n) is 9.60. The maximum atomic E-state index is 10.1. The molecule has 0 saturated carbocycles. The Hall–Kier alpha value is -0.160. The third kappa shape index (κ3) is 2.69. The van der Waals surface area contributed by atoms with Crippen LogP contribution in [0.25, 0.3) is 0 Å². The normalized spacial score (nSPS) is 42.6. The lowest BCUT2D eigenvalue weighted by Gasteiger charge is -2.29. The van der Waals surface area contributed by atoms with Crippen molar-refractivity contribution in [2.45, 2.75) is 44.9 Å². The van der Waals surface area contributed by atoms with Crippen LogP contribution in [0.4, 0.5) is 0 Å². The molecule has 0 bridgehead atoms. The number of ether oxygens (including phenoxy) is 1. The van der Waals surface area contributed by atoms with Crippen LogP contribution in [-0.4, -0.2) is 41.7 Å². The summed E-state index contributed by atoms with van der Waals surface area (Å²) in [7, 11) is 0. The molecule has 4 nitrogen and oxygen atoms in total. The molecule has 0 aromatic carbocycles. The number of hydrogen-bond donors (Lipinski definition) is 3. The predicted molar refractivity (Wildman–Crippen MR) is 58.4 cm³/mol. The van der Waals surface area contributed by atoms with E-state index in [1.54, 1.807) is 0 Å². The van der Waals surface area contributed by atoms with E-state index in [9.17, 15) is 10.2 Å². The fourth-order valence-corrected chi connectivity index (χ4v) is 2.35. The second-order valence-corrected chi connectivity index (χ2v) is 4.36. The summed E-state index contributed by atoms with van der Waals surface area (Å²) >= 11 is 0. The Bertz CT molecular complexity index is 189. The van der Waals surface area contributed by atoms with Crippen molar-refractivity contribution < 1.29 is 14.9 Å². The third-order valence-electron chi connectivity index (χ3n) is 3.56. The summed E-state index contributed by atoms with van der Waals surface area (Å²) in [6, 6.07) is -0.239. The van der Waals surface area contributed by atoms with Crippen LogP contribution in [0.3, 0.4) is 0 Å². The van der Waals surface area contributed by atoms with Crippen molar-refractivity contribution in [3.05, 3.63) is 0 Å². The lowest BCUT2D eigenvalue weighted by molar-refractivity contribution is -0.0450. The standard InChI is InChI=1S/C11H23NO3/c1-3-7-6-15-9(5-13)8(4-2)11(14)10(7)12/h7-11,13-14H,3-6,12H2,1-2H3. The summed E-state index contributed by atoms with van der Waals surface area (Å²) in [5.74, 6) is 0.132. The lowest BCUT2D eigenvalue weighted by Crippen LogP contribution is -2.46. The molecule has 1 fully saturated rings. The Morgan fingerprint density at radius 3 is 2.47 bits per heavy atom. The van der Waals surface area contributed by atoms with Crippen molar-refractivity contribution in [3.63, 3.8) is 0 Å². The average molecular weight is 217 g/mol. The Morgan fingerprint density at radius 2 is 2.00 bits per heavy atom. The highest BCUT2D eigenvalue weighted by atomic mass is 16.5. The molecule has 4 heteroatoms. The van der Waals surface area contributed by atoms with E-state index in [0.29, 0.717) is 6.61 Å². The van der Waals surface area contributed by atoms with E-state index in [2.05, 4.69) is 0 Å². The number of rotatable bonds is 3. The minimum Gasteiger partial charge on any atom is -0.394 e. The topological polar surface area (TPSA) is 75.7 Å². The van der Waals surface area contributed by atoms with Gasteiger partial charge < -0.3 is 20.7 Å². The van der Waals surface area contributed by atoms with Crippen LogP contribution in [0.2, 0.25) is 0 Å². The highest BCUT2D eigenvalue weighted by Crippen LogP contribution is 2.27. The van der Waals surface area contributed by atoms with E-state index < -0.39 is 6.10 Å². The molecule has 0 amide bonds. The molecule has 1 aliphatic heterocycles. The van der Waals surface area contributed by atoms with Gasteiger partial charge in [0.15, 0.2) is 0 Å². The first kappa shape index (κ1) is 12.9. The molecular formula is C11H23NO3. The molecule has 90 valence electrons. The van der Waals surface area contributed by atoms with E-state index in [1.165, 1.54) is 0 Å². The van der Waals surface area contributed by atoms with E-state index in [-0.39, 0.29) is 30.6 Å². The van der Waals surface area contributed by atoms with Crippen LogP contribution < -0.4 is 5.73 Å². The lowest BCUT2D eigenvalue weighted by atomic mass is 9.85. The van der Waals surface area contributed by atoms with Gasteiger partial charge in [0, 0.05) is 12.0 Å². The van der Waals surface area contributed by atoms with Crippen LogP contribution in [0.15, 0.2) is 0 Å². The van der Waals surface area contributed by atoms with E-state index in [1.807, 2.05) is 13.8 Å². The monoisotopic (exact) mass is 217 g/mol. The Balaban J connectivity index is 2.77. The molecule has 5 atom stereocenters. The van der Waals surface area contributed by atoms with E-state index >= 15 is 0 Å². The predicted octanol–water partition coefficient (Wildman–Crippen LogP) is 0.118. The number of hydrogen-bond acceptors (Lipinski definition) is 4. The van der Waals surface area contributed by atoms with Crippen LogP contribution in [0.5, 0.6) is 0 Å². The Kier molecular flexibility index (Phi) is 4.99. The second kappa shape index (κ2) is 5.80. The zero-order valence-corrected chi connectivity index (χ0v) is 9.60. The summed E-state index contributed by atoms with van der Waals surface area (Å²) in [5.41, 5.74) is 6.00. The maximum absolute atomic E-state index is 10.1. The average Bonchev–Trinajstić information content (AvgIpc) is 2.37. The van der Waals surface area contributed by atoms with Gasteiger partial charge in [-0.25, -0.2) is 0 Å². The van der Waals surface area contributed by atoms with Gasteiger partial charge in [0.2, 0.25) is 0 Å². The fourth-order valence-electron chi connectivity index (χ4n) is 2.35. The number of nitrogens with two attached hydrogens (primary N) is 1. The van der Waals surface area contributed by atoms with Gasteiger partial charge in [-0.2, -0.15) is 0 Å². The molecule has 1 rings (SSSR count). The highest BCUT2D eigenvalue weighted by molar-refractivity contribution is 4.90. The summed E-state index contributed by atoms with van der Waals surface area (Å²) in [4.78, 5) is 0. The molecular weight excluding hydrogens is 194 g/mol. The maximum Gasteiger partial charge on any atom is 0.0859 e. The molecule has 1 heterocycles. The van der Waals surface area contributed by atoms with Gasteiger partial charge in [0.1, 0.15) is 0 Å². The van der Waals surface area contributed by atoms with Gasteiger partial charge in [-0.15, -0.1) is 0 Å². The quantitative estimate of drug-likeness (QED) is 0.627. The van der Waals surface area contributed by atoms with Crippen LogP contribution in [0, 0.1) is 11.8 Å². The Morgan fingerprint density at radius 1 is 1.33 bits per heavy atom. The van der Waals surface area contributed by atoms with Crippen LogP contribution in [0.1, 0.15) is 26.7 Å². The minimum atomic E-state index is -0.570. The SMILES string of the molecule is CCC1COC(CO)C(CC)C(O)C1N. The number of aliphatic hydroxyl groups is 2. The largest absolute Gasteiger partial charge is 0.394 e. The summed E-state index contributed by atoms with van der Waals surface area (Å²) in [6.07, 6.45) is 0.829. The zero-order chi connectivity index (χ0) is 11.4. The molecule has 0 spiro atoms. The first-order chi connectivity index (χ1) is 7.15. The molecule has 15 heavy (non-hydrogen) atoms. The third-order valence-corrected chi connectivity index (χ3v) is 3.56. The highest BCUT2D eigenvalue weighted by Gasteiger charge is 2.37. The van der Waals surface area contributed by atoms with Crippen molar-refractivity contribution >= 4 is 0 Å². The smallest absolute Gasteiger partial charge is 0.0859 e. The van der Waals surface area contributed by atoms with Crippen LogP contribution in [-0.2, 0) is 4.74 Å². The molecule has 5 unspecified atom stereocenters. The van der Waals surface area contributed by atoms with Crippen LogP contribution >= 0.6 is 0 Å². The van der Waals surface area contributed by atoms with Crippen molar-refractivity contribution in [1.29, 1.82) is 0 Å². The van der Waals surface area contributed by atoms with Crippen molar-refractivity contribution in [1.82, 2.24) is 0 Å². The Labute approximate surface area is 91.4 Å². The first-order valence-corrected chi connectivity index (χ1v) is 5.81. The molecule has 0 aromatic rings.